The smallest absolute Gasteiger partial charge is 0.549 e. The maximum Gasteiger partial charge on any atom is 2.00 e. The second-order valence-corrected chi connectivity index (χ2v) is 6.86. The Morgan fingerprint density at radius 2 is 0.943 bits per heavy atom. The Bertz CT molecular complexity index is 752. The van der Waals surface area contributed by atoms with E-state index >= 15 is 0 Å². The zero-order chi connectivity index (χ0) is 21.9. The fraction of sp³-hybridized carbons (Fsp3) is 0.364. The summed E-state index contributed by atoms with van der Waals surface area (Å²) < 4.78 is 10.3. The summed E-state index contributed by atoms with van der Waals surface area (Å²) in [6.07, 6.45) is 0. The minimum absolute atomic E-state index is 0. The van der Waals surface area contributed by atoms with E-state index in [4.69, 9.17) is 9.47 Å². The zero-order valence-corrected chi connectivity index (χ0v) is 20.5. The topological polar surface area (TPSA) is 231 Å². The first-order valence-corrected chi connectivity index (χ1v) is 9.50. The van der Waals surface area contributed by atoms with Gasteiger partial charge in [0.25, 0.3) is 0 Å². The molecule has 0 aliphatic rings. The van der Waals surface area contributed by atoms with Crippen LogP contribution >= 0.6 is 0 Å². The number of methoxy groups -OCH3 is 2. The number of nitrogens with zero attached hydrogens (tertiary/aromatic N) is 2. The van der Waals surface area contributed by atoms with Crippen molar-refractivity contribution < 1.29 is 67.7 Å². The third kappa shape index (κ3) is 15.0. The molecule has 12 nitrogen and oxygen atoms in total. The molecule has 2 aromatic carbocycles. The summed E-state index contributed by atoms with van der Waals surface area (Å²) in [5, 5.41) is 22.3. The van der Waals surface area contributed by atoms with E-state index in [2.05, 4.69) is 0 Å². The SMILES string of the molecule is COc1ccc(CN(CCN(CC(=O)[O-])Cc2ccc(OC)cc2)CC(=O)[O-])cc1.O.O.O.O.[Ni+2]. The third-order valence-corrected chi connectivity index (χ3v) is 4.57. The standard InChI is InChI=1S/C22H28N2O6.Ni.4H2O/c1-29-19-7-3-17(4-8-19)13-23(15-21(25)26)11-12-24(16-22(27)28)14-18-5-9-20(30-2)10-6-18;;;;;/h3-10H,11-16H2,1-2H3,(H,25,26)(H,27,28);;4*1H2/q;+2;;;;/p-2. The molecule has 13 heteroatoms. The van der Waals surface area contributed by atoms with Gasteiger partial charge >= 0.3 is 16.5 Å². The molecule has 202 valence electrons. The van der Waals surface area contributed by atoms with Gasteiger partial charge < -0.3 is 51.2 Å². The first kappa shape index (κ1) is 39.4. The van der Waals surface area contributed by atoms with Crippen LogP contribution in [-0.2, 0) is 39.2 Å². The fourth-order valence-corrected chi connectivity index (χ4v) is 3.05. The van der Waals surface area contributed by atoms with Crippen LogP contribution in [0.2, 0.25) is 0 Å². The van der Waals surface area contributed by atoms with Gasteiger partial charge in [0.1, 0.15) is 11.5 Å². The Balaban J connectivity index is -0.000000961. The van der Waals surface area contributed by atoms with Gasteiger partial charge in [0.15, 0.2) is 0 Å². The van der Waals surface area contributed by atoms with Crippen LogP contribution in [-0.4, -0.2) is 84.0 Å². The van der Waals surface area contributed by atoms with Crippen molar-refractivity contribution in [3.63, 3.8) is 0 Å². The van der Waals surface area contributed by atoms with Crippen LogP contribution in [0.1, 0.15) is 11.1 Å². The molecule has 0 saturated heterocycles. The Labute approximate surface area is 214 Å². The molecule has 8 N–H and O–H groups in total. The van der Waals surface area contributed by atoms with Crippen LogP contribution in [0.5, 0.6) is 11.5 Å². The van der Waals surface area contributed by atoms with Crippen molar-refractivity contribution in [1.29, 1.82) is 0 Å². The minimum Gasteiger partial charge on any atom is -0.549 e. The van der Waals surface area contributed by atoms with E-state index in [0.29, 0.717) is 37.7 Å². The normalized spacial score (nSPS) is 9.37. The zero-order valence-electron chi connectivity index (χ0n) is 19.5. The van der Waals surface area contributed by atoms with E-state index < -0.39 is 11.9 Å². The van der Waals surface area contributed by atoms with Crippen LogP contribution in [0.15, 0.2) is 48.5 Å². The molecule has 0 aliphatic heterocycles. The van der Waals surface area contributed by atoms with E-state index in [1.165, 1.54) is 0 Å². The molecular weight excluding hydrogens is 511 g/mol. The average molecular weight is 545 g/mol. The van der Waals surface area contributed by atoms with Gasteiger partial charge in [-0.25, -0.2) is 0 Å². The van der Waals surface area contributed by atoms with Gasteiger partial charge in [-0.3, -0.25) is 9.80 Å². The molecule has 0 bridgehead atoms. The number of carboxylic acid groups (broad SMARTS) is 2. The third-order valence-electron chi connectivity index (χ3n) is 4.57. The van der Waals surface area contributed by atoms with Gasteiger partial charge in [0.2, 0.25) is 0 Å². The molecule has 0 heterocycles. The van der Waals surface area contributed by atoms with E-state index in [1.54, 1.807) is 48.3 Å². The van der Waals surface area contributed by atoms with Crippen LogP contribution in [0.4, 0.5) is 0 Å². The molecule has 0 saturated carbocycles. The van der Waals surface area contributed by atoms with E-state index in [-0.39, 0.29) is 51.5 Å². The molecule has 35 heavy (non-hydrogen) atoms. The summed E-state index contributed by atoms with van der Waals surface area (Å²) in [4.78, 5) is 25.7. The summed E-state index contributed by atoms with van der Waals surface area (Å²) in [5.41, 5.74) is 1.83. The molecule has 2 aromatic rings. The molecule has 0 amide bonds. The number of aliphatic carboxylic acids is 2. The number of hydrogen-bond donors (Lipinski definition) is 0. The number of ether oxygens (including phenoxy) is 2. The molecule has 0 spiro atoms. The predicted octanol–water partition coefficient (Wildman–Crippen LogP) is -3.79. The van der Waals surface area contributed by atoms with E-state index in [1.807, 2.05) is 24.3 Å². The van der Waals surface area contributed by atoms with Crippen LogP contribution in [0, 0.1) is 0 Å². The second kappa shape index (κ2) is 20.6. The summed E-state index contributed by atoms with van der Waals surface area (Å²) in [6, 6.07) is 14.7. The summed E-state index contributed by atoms with van der Waals surface area (Å²) in [6.45, 7) is 0.966. The van der Waals surface area contributed by atoms with Crippen molar-refractivity contribution in [2.24, 2.45) is 0 Å². The number of carbonyl (C=O) groups excluding carboxylic acids is 2. The average Bonchev–Trinajstić information content (AvgIpc) is 2.72. The number of rotatable bonds is 13. The maximum absolute atomic E-state index is 11.2. The van der Waals surface area contributed by atoms with Crippen molar-refractivity contribution >= 4 is 11.9 Å². The van der Waals surface area contributed by atoms with Gasteiger partial charge in [-0.1, -0.05) is 24.3 Å². The van der Waals surface area contributed by atoms with E-state index in [9.17, 15) is 19.8 Å². The quantitative estimate of drug-likeness (QED) is 0.226. The molecule has 0 fully saturated rings. The summed E-state index contributed by atoms with van der Waals surface area (Å²) in [7, 11) is 3.15. The molecule has 0 aromatic heterocycles. The number of hydrogen-bond acceptors (Lipinski definition) is 8. The van der Waals surface area contributed by atoms with Crippen molar-refractivity contribution in [1.82, 2.24) is 9.80 Å². The first-order chi connectivity index (χ1) is 14.4. The molecule has 0 aliphatic carbocycles. The Hall–Kier alpha value is -2.77. The summed E-state index contributed by atoms with van der Waals surface area (Å²) in [5.74, 6) is -0.954. The van der Waals surface area contributed by atoms with Gasteiger partial charge in [0.05, 0.1) is 26.2 Å². The summed E-state index contributed by atoms with van der Waals surface area (Å²) >= 11 is 0. The van der Waals surface area contributed by atoms with E-state index in [0.717, 1.165) is 11.1 Å². The fourth-order valence-electron chi connectivity index (χ4n) is 3.05. The minimum atomic E-state index is -1.19. The first-order valence-electron chi connectivity index (χ1n) is 9.50. The van der Waals surface area contributed by atoms with Crippen molar-refractivity contribution in [3.05, 3.63) is 59.7 Å². The van der Waals surface area contributed by atoms with Crippen molar-refractivity contribution in [3.8, 4) is 11.5 Å². The Morgan fingerprint density at radius 3 is 1.17 bits per heavy atom. The van der Waals surface area contributed by atoms with Crippen molar-refractivity contribution in [2.75, 3.05) is 40.4 Å². The largest absolute Gasteiger partial charge is 2.00 e. The molecule has 0 radical (unpaired) electrons. The van der Waals surface area contributed by atoms with Crippen LogP contribution in [0.25, 0.3) is 0 Å². The van der Waals surface area contributed by atoms with Crippen LogP contribution in [0.3, 0.4) is 0 Å². The van der Waals surface area contributed by atoms with Gasteiger partial charge in [-0.05, 0) is 35.4 Å². The van der Waals surface area contributed by atoms with Gasteiger partial charge in [-0.2, -0.15) is 0 Å². The molecule has 0 atom stereocenters. The van der Waals surface area contributed by atoms with Crippen LogP contribution < -0.4 is 19.7 Å². The van der Waals surface area contributed by atoms with Crippen molar-refractivity contribution in [2.45, 2.75) is 13.1 Å². The molecular formula is C22H34N2NiO10. The molecule has 2 rings (SSSR count). The Morgan fingerprint density at radius 1 is 0.657 bits per heavy atom. The predicted molar refractivity (Wildman–Crippen MR) is 121 cm³/mol. The number of carbonyl (C=O) groups is 2. The molecule has 0 unspecified atom stereocenters. The Kier molecular flexibility index (Phi) is 23.2. The second-order valence-electron chi connectivity index (χ2n) is 6.86. The van der Waals surface area contributed by atoms with Gasteiger partial charge in [-0.15, -0.1) is 0 Å². The number of carboxylic acids is 2. The monoisotopic (exact) mass is 544 g/mol. The van der Waals surface area contributed by atoms with Gasteiger partial charge in [0, 0.05) is 39.3 Å². The maximum atomic E-state index is 11.2. The number of benzene rings is 2.